The van der Waals surface area contributed by atoms with E-state index in [1.807, 2.05) is 14.0 Å². The lowest BCUT2D eigenvalue weighted by molar-refractivity contribution is -0.221. The summed E-state index contributed by atoms with van der Waals surface area (Å²) < 4.78 is 33.7. The number of hydrogen-bond donors (Lipinski definition) is 1. The zero-order valence-electron chi connectivity index (χ0n) is 23.1. The van der Waals surface area contributed by atoms with Crippen molar-refractivity contribution in [2.24, 2.45) is 39.9 Å². The molecule has 1 N–H and O–H groups in total. The monoisotopic (exact) mass is 529 g/mol. The number of fused-ring (bicyclic) bond motifs is 6. The normalized spacial score (nSPS) is 42.5. The fourth-order valence-electron chi connectivity index (χ4n) is 10.0. The molecule has 0 unspecified atom stereocenters. The van der Waals surface area contributed by atoms with Gasteiger partial charge in [0.15, 0.2) is 22.9 Å². The zero-order chi connectivity index (χ0) is 27.1. The summed E-state index contributed by atoms with van der Waals surface area (Å²) in [6, 6.07) is 2.44. The Kier molecular flexibility index (Phi) is 6.08. The third-order valence-corrected chi connectivity index (χ3v) is 12.0. The van der Waals surface area contributed by atoms with Crippen LogP contribution >= 0.6 is 0 Å². The van der Waals surface area contributed by atoms with E-state index >= 15 is 0 Å². The molecule has 0 amide bonds. The molecular formula is C30H41F2N3O3. The maximum absolute atomic E-state index is 14.2. The molecule has 4 saturated carbocycles. The minimum atomic E-state index is -1.02. The topological polar surface area (TPSA) is 77.2 Å². The van der Waals surface area contributed by atoms with Crippen molar-refractivity contribution in [1.29, 1.82) is 0 Å². The summed E-state index contributed by atoms with van der Waals surface area (Å²) in [7, 11) is 1.82. The summed E-state index contributed by atoms with van der Waals surface area (Å²) in [5.41, 5.74) is -0.380. The van der Waals surface area contributed by atoms with E-state index in [0.29, 0.717) is 17.8 Å². The smallest absolute Gasteiger partial charge is 0.188 e. The summed E-state index contributed by atoms with van der Waals surface area (Å²) in [6.07, 6.45) is 8.84. The predicted molar refractivity (Wildman–Crippen MR) is 139 cm³/mol. The highest BCUT2D eigenvalue weighted by atomic mass is 19.2. The molecule has 0 saturated heterocycles. The Morgan fingerprint density at radius 3 is 2.58 bits per heavy atom. The number of benzene rings is 1. The number of carbonyl (C=O) groups excluding carboxylic acids is 1. The summed E-state index contributed by atoms with van der Waals surface area (Å²) >= 11 is 0. The van der Waals surface area contributed by atoms with E-state index in [0.717, 1.165) is 70.5 Å². The summed E-state index contributed by atoms with van der Waals surface area (Å²) in [5, 5.41) is 19.3. The second kappa shape index (κ2) is 8.79. The molecule has 2 aromatic rings. The number of halogens is 2. The minimum Gasteiger partial charge on any atom is -0.390 e. The number of methoxy groups -OCH3 is 1. The molecule has 6 rings (SSSR count). The first-order chi connectivity index (χ1) is 17.9. The highest BCUT2D eigenvalue weighted by Gasteiger charge is 2.68. The molecule has 38 heavy (non-hydrogen) atoms. The van der Waals surface area contributed by atoms with Gasteiger partial charge in [-0.25, -0.2) is 8.78 Å². The Morgan fingerprint density at radius 2 is 1.82 bits per heavy atom. The van der Waals surface area contributed by atoms with Gasteiger partial charge < -0.3 is 9.84 Å². The Morgan fingerprint density at radius 1 is 1.05 bits per heavy atom. The Bertz CT molecular complexity index is 1260. The van der Waals surface area contributed by atoms with E-state index < -0.39 is 17.2 Å². The SMILES string of the molecule is COC[C@]12CC[C@@](C)(O)C[C@@H]1CC[C@H]1[C@@H]3CC[C@H](C(=O)Cn4nc5ccc(F)c(F)c5n4)[C@@]3(C)CC[C@@]12C. The molecule has 8 heteroatoms. The predicted octanol–water partition coefficient (Wildman–Crippen LogP) is 5.71. The van der Waals surface area contributed by atoms with Gasteiger partial charge in [-0.15, -0.1) is 5.10 Å². The van der Waals surface area contributed by atoms with Crippen LogP contribution in [-0.2, 0) is 16.1 Å². The highest BCUT2D eigenvalue weighted by molar-refractivity contribution is 5.82. The van der Waals surface area contributed by atoms with Crippen LogP contribution in [0.3, 0.4) is 0 Å². The molecule has 1 heterocycles. The van der Waals surface area contributed by atoms with Gasteiger partial charge in [-0.1, -0.05) is 13.8 Å². The van der Waals surface area contributed by atoms with E-state index in [2.05, 4.69) is 24.0 Å². The average Bonchev–Trinajstić information content (AvgIpc) is 3.43. The molecule has 0 radical (unpaired) electrons. The standard InChI is InChI=1S/C30H41F2N3O3/c1-27(37)11-14-30(17-38-4)18(15-27)5-6-20-19-7-8-21(28(19,2)12-13-29(20,30)3)24(36)16-35-33-23-10-9-22(31)25(32)26(23)34-35/h9-10,18-21,37H,5-8,11-17H2,1-4H3/t18-,19-,20-,21+,27+,28-,29-,30+/m0/s1. The fourth-order valence-corrected chi connectivity index (χ4v) is 10.0. The Labute approximate surface area is 223 Å². The van der Waals surface area contributed by atoms with Crippen molar-refractivity contribution in [3.05, 3.63) is 23.8 Å². The van der Waals surface area contributed by atoms with E-state index in [1.165, 1.54) is 10.9 Å². The number of ketones is 1. The zero-order valence-corrected chi connectivity index (χ0v) is 23.1. The third-order valence-electron chi connectivity index (χ3n) is 12.0. The van der Waals surface area contributed by atoms with Crippen molar-refractivity contribution in [1.82, 2.24) is 15.0 Å². The molecule has 4 aliphatic carbocycles. The van der Waals surface area contributed by atoms with Crippen molar-refractivity contribution in [3.63, 3.8) is 0 Å². The van der Waals surface area contributed by atoms with Crippen molar-refractivity contribution in [2.75, 3.05) is 13.7 Å². The molecule has 208 valence electrons. The van der Waals surface area contributed by atoms with Crippen molar-refractivity contribution >= 4 is 16.8 Å². The second-order valence-electron chi connectivity index (χ2n) is 13.8. The summed E-state index contributed by atoms with van der Waals surface area (Å²) in [5.74, 6) is -0.537. The van der Waals surface area contributed by atoms with Gasteiger partial charge >= 0.3 is 0 Å². The van der Waals surface area contributed by atoms with E-state index in [4.69, 9.17) is 4.74 Å². The Hall–Kier alpha value is -1.93. The first-order valence-electron chi connectivity index (χ1n) is 14.4. The van der Waals surface area contributed by atoms with Crippen LogP contribution in [0, 0.1) is 51.6 Å². The van der Waals surface area contributed by atoms with Crippen molar-refractivity contribution < 1.29 is 23.4 Å². The molecule has 0 bridgehead atoms. The van der Waals surface area contributed by atoms with Crippen LogP contribution in [-0.4, -0.2) is 45.2 Å². The lowest BCUT2D eigenvalue weighted by atomic mass is 9.37. The van der Waals surface area contributed by atoms with Crippen LogP contribution in [0.2, 0.25) is 0 Å². The Balaban J connectivity index is 1.26. The lowest BCUT2D eigenvalue weighted by Crippen LogP contribution is -2.63. The van der Waals surface area contributed by atoms with Gasteiger partial charge in [0.1, 0.15) is 12.1 Å². The number of Topliss-reactive ketones (excluding diaryl/α,β-unsaturated/α-hetero) is 1. The highest BCUT2D eigenvalue weighted by Crippen LogP contribution is 2.73. The number of hydrogen-bond acceptors (Lipinski definition) is 5. The second-order valence-corrected chi connectivity index (χ2v) is 13.8. The van der Waals surface area contributed by atoms with Gasteiger partial charge in [0, 0.05) is 18.4 Å². The number of rotatable bonds is 5. The van der Waals surface area contributed by atoms with Crippen molar-refractivity contribution in [2.45, 2.75) is 90.7 Å². The van der Waals surface area contributed by atoms with Crippen LogP contribution in [0.25, 0.3) is 11.0 Å². The molecule has 1 aromatic carbocycles. The summed E-state index contributed by atoms with van der Waals surface area (Å²) in [6.45, 7) is 7.52. The average molecular weight is 530 g/mol. The molecule has 8 atom stereocenters. The van der Waals surface area contributed by atoms with Gasteiger partial charge in [0.05, 0.1) is 12.2 Å². The fraction of sp³-hybridized carbons (Fsp3) is 0.767. The molecule has 0 aliphatic heterocycles. The quantitative estimate of drug-likeness (QED) is 0.537. The third kappa shape index (κ3) is 3.65. The first-order valence-corrected chi connectivity index (χ1v) is 14.4. The van der Waals surface area contributed by atoms with Gasteiger partial charge in [0.25, 0.3) is 0 Å². The maximum atomic E-state index is 14.2. The van der Waals surface area contributed by atoms with Crippen LogP contribution < -0.4 is 0 Å². The van der Waals surface area contributed by atoms with Crippen LogP contribution in [0.1, 0.15) is 78.6 Å². The summed E-state index contributed by atoms with van der Waals surface area (Å²) in [4.78, 5) is 14.9. The largest absolute Gasteiger partial charge is 0.390 e. The number of aromatic nitrogens is 3. The molecule has 4 aliphatic rings. The van der Waals surface area contributed by atoms with Crippen molar-refractivity contribution in [3.8, 4) is 0 Å². The minimum absolute atomic E-state index is 0.0184. The van der Waals surface area contributed by atoms with E-state index in [9.17, 15) is 18.7 Å². The molecule has 1 aromatic heterocycles. The lowest BCUT2D eigenvalue weighted by Gasteiger charge is -2.68. The van der Waals surface area contributed by atoms with E-state index in [1.54, 1.807) is 0 Å². The van der Waals surface area contributed by atoms with Gasteiger partial charge in [-0.3, -0.25) is 4.79 Å². The first kappa shape index (κ1) is 26.3. The van der Waals surface area contributed by atoms with E-state index in [-0.39, 0.29) is 45.5 Å². The van der Waals surface area contributed by atoms with Gasteiger partial charge in [-0.2, -0.15) is 9.90 Å². The van der Waals surface area contributed by atoms with Gasteiger partial charge in [-0.05, 0) is 105 Å². The van der Waals surface area contributed by atoms with Crippen LogP contribution in [0.15, 0.2) is 12.1 Å². The number of nitrogens with zero attached hydrogens (tertiary/aromatic N) is 3. The number of aliphatic hydroxyl groups is 1. The van der Waals surface area contributed by atoms with Crippen LogP contribution in [0.5, 0.6) is 0 Å². The number of ether oxygens (including phenoxy) is 1. The van der Waals surface area contributed by atoms with Crippen LogP contribution in [0.4, 0.5) is 8.78 Å². The maximum Gasteiger partial charge on any atom is 0.188 e. The number of carbonyl (C=O) groups is 1. The molecule has 0 spiro atoms. The molecular weight excluding hydrogens is 488 g/mol. The molecule has 4 fully saturated rings. The molecule has 6 nitrogen and oxygen atoms in total. The van der Waals surface area contributed by atoms with Gasteiger partial charge in [0.2, 0.25) is 0 Å².